The second kappa shape index (κ2) is 58.5. The summed E-state index contributed by atoms with van der Waals surface area (Å²) in [7, 11) is 0. The van der Waals surface area contributed by atoms with Gasteiger partial charge in [0.25, 0.3) is 0 Å². The van der Waals surface area contributed by atoms with E-state index in [2.05, 4.69) is 95.8 Å². The molecule has 1 heterocycles. The van der Waals surface area contributed by atoms with E-state index in [1.165, 1.54) is 4.90 Å². The van der Waals surface area contributed by atoms with Crippen LogP contribution in [0.4, 0.5) is 0 Å². The Balaban J connectivity index is 4.23. The van der Waals surface area contributed by atoms with Gasteiger partial charge in [-0.2, -0.15) is 12.6 Å². The van der Waals surface area contributed by atoms with Gasteiger partial charge in [-0.05, 0) is 154 Å². The molecule has 111 heavy (non-hydrogen) atoms. The number of nitrogens with zero attached hydrogens (tertiary/aromatic N) is 7. The number of aliphatic imine (C=N–C) groups is 6. The van der Waals surface area contributed by atoms with E-state index in [-0.39, 0.29) is 222 Å². The molecule has 0 spiro atoms. The maximum absolute atomic E-state index is 15.5. The van der Waals surface area contributed by atoms with E-state index in [0.29, 0.717) is 64.2 Å². The number of rotatable bonds is 43. The van der Waals surface area contributed by atoms with Gasteiger partial charge in [0, 0.05) is 71.0 Å². The molecule has 0 aromatic heterocycles. The number of hydrogen-bond donors (Lipinski definition) is 26. The minimum atomic E-state index is -1.50. The third-order valence-electron chi connectivity index (χ3n) is 17.1. The van der Waals surface area contributed by atoms with Crippen LogP contribution in [0.5, 0.6) is 0 Å². The van der Waals surface area contributed by atoms with Gasteiger partial charge >= 0.3 is 0 Å². The average Bonchev–Trinajstić information content (AvgIpc) is 0.855. The zero-order valence-corrected chi connectivity index (χ0v) is 64.8. The first kappa shape index (κ1) is 98.5. The quantitative estimate of drug-likeness (QED) is 0.0117. The van der Waals surface area contributed by atoms with Gasteiger partial charge in [0.05, 0.1) is 6.54 Å². The Morgan fingerprint density at radius 1 is 0.387 bits per heavy atom. The topological polar surface area (TPSA) is 793 Å². The summed E-state index contributed by atoms with van der Waals surface area (Å²) >= 11 is 4.11. The first-order valence-electron chi connectivity index (χ1n) is 37.7. The van der Waals surface area contributed by atoms with E-state index in [1.54, 1.807) is 0 Å². The number of nitrogens with two attached hydrogens (primary N) is 15. The van der Waals surface area contributed by atoms with Crippen LogP contribution in [0.15, 0.2) is 30.0 Å². The highest BCUT2D eigenvalue weighted by Crippen LogP contribution is 2.15. The average molecular weight is 1590 g/mol. The molecular formula is C66H128N32O12S. The van der Waals surface area contributed by atoms with Gasteiger partial charge in [-0.1, -0.05) is 19.3 Å². The second-order valence-corrected chi connectivity index (χ2v) is 27.0. The predicted molar refractivity (Wildman–Crippen MR) is 427 cm³/mol. The maximum atomic E-state index is 15.5. The number of nitrogens with one attached hydrogen (secondary N) is 10. The number of amides is 12. The van der Waals surface area contributed by atoms with Crippen molar-refractivity contribution in [2.45, 2.75) is 228 Å². The number of unbranched alkanes of at least 4 members (excludes halogenated alkanes) is 2. The smallest absolute Gasteiger partial charge is 0.245 e. The molecule has 0 saturated carbocycles. The number of guanidine groups is 6. The van der Waals surface area contributed by atoms with Gasteiger partial charge in [-0.3, -0.25) is 87.5 Å². The van der Waals surface area contributed by atoms with Crippen molar-refractivity contribution in [3.05, 3.63) is 0 Å². The summed E-state index contributed by atoms with van der Waals surface area (Å²) < 4.78 is 0. The molecule has 0 aliphatic carbocycles. The highest BCUT2D eigenvalue weighted by Gasteiger charge is 2.36. The molecule has 0 unspecified atom stereocenters. The molecule has 630 valence electrons. The number of carbonyl (C=O) groups is 12. The van der Waals surface area contributed by atoms with Crippen LogP contribution in [-0.4, -0.2) is 244 Å². The molecule has 44 nitrogen and oxygen atoms in total. The minimum absolute atomic E-state index is 0.00487. The van der Waals surface area contributed by atoms with Crippen LogP contribution in [0.1, 0.15) is 173 Å². The second-order valence-electron chi connectivity index (χ2n) is 26.6. The molecule has 12 amide bonds. The van der Waals surface area contributed by atoms with Crippen molar-refractivity contribution in [2.24, 2.45) is 116 Å². The lowest BCUT2D eigenvalue weighted by atomic mass is 10.0. The highest BCUT2D eigenvalue weighted by molar-refractivity contribution is 7.80. The summed E-state index contributed by atoms with van der Waals surface area (Å²) in [5, 5.41) is 27.2. The first-order valence-corrected chi connectivity index (χ1v) is 38.3. The molecule has 1 fully saturated rings. The molecule has 0 radical (unpaired) electrons. The van der Waals surface area contributed by atoms with Crippen molar-refractivity contribution in [1.82, 2.24) is 58.1 Å². The summed E-state index contributed by atoms with van der Waals surface area (Å²) in [6, 6.07) is -12.4. The number of primary amides is 1. The summed E-state index contributed by atoms with van der Waals surface area (Å²) in [6.45, 7) is -0.176. The lowest BCUT2D eigenvalue weighted by Crippen LogP contribution is -2.60. The molecule has 0 aromatic rings. The van der Waals surface area contributed by atoms with Gasteiger partial charge in [0.2, 0.25) is 70.9 Å². The van der Waals surface area contributed by atoms with Gasteiger partial charge < -0.3 is 144 Å². The Hall–Kier alpha value is -10.5. The largest absolute Gasteiger partial charge is 0.370 e. The van der Waals surface area contributed by atoms with Crippen molar-refractivity contribution in [1.29, 1.82) is 0 Å². The molecule has 1 aliphatic rings. The standard InChI is InChI=1S/C66H128N32O12S/c67-28-8-6-18-42-55(105)92-43(19-7-9-29-68)56(106)94-45(23-15-34-86-64(76)77)58(108)96-47(25-17-36-88-66(80)81)60(110)98(37-11-2-1-10-30-82-49(99)26-4-3-5-27-50(100)89-40(53(103)91-42)20-12-31-83-61(70)71)38-51(101)90-41(21-13-32-84-62(72)73)54(104)93-44(22-14-33-85-63(74)75)57(107)95-46(24-16-35-87-65(78)79)59(109)97-48(39-111)52(69)102/h40-48,111H,1-39,67-68H2,(H2,69,102)(H,82,99)(H,89,100)(H,90,101)(H,91,103)(H,92,105)(H,93,104)(H,94,106)(H,95,107)(H,96,108)(H,97,109)(H4,70,71,83)(H4,72,73,84)(H4,74,75,85)(H4,76,77,86)(H4,78,79,87)(H4,80,81,88)/t40-,41-,42-,43-,44-,45-,46-,47-,48-/m0/s1. The van der Waals surface area contributed by atoms with E-state index in [0.717, 1.165) is 0 Å². The zero-order valence-electron chi connectivity index (χ0n) is 63.9. The summed E-state index contributed by atoms with van der Waals surface area (Å²) in [4.78, 5) is 196. The fraction of sp³-hybridized carbons (Fsp3) is 0.727. The Bertz CT molecular complexity index is 3080. The monoisotopic (exact) mass is 1590 g/mol. The van der Waals surface area contributed by atoms with E-state index in [1.807, 2.05) is 0 Å². The Labute approximate surface area is 653 Å². The molecule has 1 rings (SSSR count). The molecule has 45 heteroatoms. The van der Waals surface area contributed by atoms with Crippen LogP contribution in [0.25, 0.3) is 0 Å². The number of carbonyl (C=O) groups excluding carboxylic acids is 12. The molecule has 1 aliphatic heterocycles. The Morgan fingerprint density at radius 2 is 0.712 bits per heavy atom. The van der Waals surface area contributed by atoms with Crippen LogP contribution < -0.4 is 139 Å². The van der Waals surface area contributed by atoms with Crippen molar-refractivity contribution in [3.63, 3.8) is 0 Å². The van der Waals surface area contributed by atoms with Crippen molar-refractivity contribution in [2.75, 3.05) is 77.7 Å². The molecule has 1 saturated heterocycles. The fourth-order valence-corrected chi connectivity index (χ4v) is 11.5. The van der Waals surface area contributed by atoms with E-state index < -0.39 is 126 Å². The van der Waals surface area contributed by atoms with Crippen molar-refractivity contribution < 1.29 is 57.5 Å². The van der Waals surface area contributed by atoms with Gasteiger partial charge in [-0.15, -0.1) is 0 Å². The third-order valence-corrected chi connectivity index (χ3v) is 17.5. The van der Waals surface area contributed by atoms with Crippen LogP contribution in [0.3, 0.4) is 0 Å². The van der Waals surface area contributed by atoms with Crippen molar-refractivity contribution in [3.8, 4) is 0 Å². The Morgan fingerprint density at radius 3 is 1.09 bits per heavy atom. The molecule has 0 bridgehead atoms. The summed E-state index contributed by atoms with van der Waals surface area (Å²) in [6.07, 6.45) is 4.57. The van der Waals surface area contributed by atoms with E-state index in [4.69, 9.17) is 86.0 Å². The van der Waals surface area contributed by atoms with E-state index >= 15 is 9.59 Å². The van der Waals surface area contributed by atoms with Crippen LogP contribution in [-0.2, 0) is 57.5 Å². The Kier molecular flexibility index (Phi) is 51.9. The summed E-state index contributed by atoms with van der Waals surface area (Å²) in [5.74, 6) is -11.0. The fourth-order valence-electron chi connectivity index (χ4n) is 11.3. The highest BCUT2D eigenvalue weighted by atomic mass is 32.1. The van der Waals surface area contributed by atoms with Gasteiger partial charge in [0.1, 0.15) is 54.4 Å². The lowest BCUT2D eigenvalue weighted by molar-refractivity contribution is -0.141. The number of thiol groups is 1. The van der Waals surface area contributed by atoms with E-state index in [9.17, 15) is 47.9 Å². The first-order chi connectivity index (χ1) is 52.8. The van der Waals surface area contributed by atoms with Crippen LogP contribution >= 0.6 is 12.6 Å². The lowest BCUT2D eigenvalue weighted by Gasteiger charge is -2.30. The maximum Gasteiger partial charge on any atom is 0.245 e. The number of hydrogen-bond acceptors (Lipinski definition) is 21. The molecular weight excluding hydrogens is 1470 g/mol. The van der Waals surface area contributed by atoms with Crippen molar-refractivity contribution >= 4 is 119 Å². The zero-order chi connectivity index (χ0) is 83.1. The van der Waals surface area contributed by atoms with Crippen LogP contribution in [0, 0.1) is 0 Å². The van der Waals surface area contributed by atoms with Gasteiger partial charge in [0.15, 0.2) is 35.8 Å². The SMILES string of the molecule is NCCCC[C@@H]1NC(=O)[C@H](CCCN=C(N)N)NC(=O)CCCCCC(=O)NCCCCCCN(CC(=O)N[C@@H](CCCN=C(N)N)C(=O)N[C@@H](CCCN=C(N)N)C(=O)N[C@@H](CCCN=C(N)N)C(=O)N[C@@H](CS)C(N)=O)C(=O)[C@H](CCCN=C(N)N)NC(=O)[C@H](CCCN=C(N)N)NC(=O)[C@H](CCCCN)NC1=O. The predicted octanol–water partition coefficient (Wildman–Crippen LogP) is -9.19. The van der Waals surface area contributed by atoms with Gasteiger partial charge in [-0.25, -0.2) is 0 Å². The molecule has 0 aromatic carbocycles. The molecule has 9 atom stereocenters. The summed E-state index contributed by atoms with van der Waals surface area (Å²) in [5.41, 5.74) is 84.5. The normalized spacial score (nSPS) is 18.7. The van der Waals surface area contributed by atoms with Crippen LogP contribution in [0.2, 0.25) is 0 Å². The third kappa shape index (κ3) is 47.3. The minimum Gasteiger partial charge on any atom is -0.370 e. The molecule has 40 N–H and O–H groups in total.